The average molecular weight is 219 g/mol. The minimum absolute atomic E-state index is 0.0313. The normalized spacial score (nSPS) is 10.1. The summed E-state index contributed by atoms with van der Waals surface area (Å²) in [6, 6.07) is 1.68. The zero-order chi connectivity index (χ0) is 11.5. The Balaban J connectivity index is 2.21. The summed E-state index contributed by atoms with van der Waals surface area (Å²) >= 11 is 0. The zero-order valence-corrected chi connectivity index (χ0v) is 8.47. The van der Waals surface area contributed by atoms with Crippen LogP contribution in [-0.2, 0) is 0 Å². The van der Waals surface area contributed by atoms with Gasteiger partial charge in [0.05, 0.1) is 0 Å². The number of hydrogen-bond donors (Lipinski definition) is 2. The Morgan fingerprint density at radius 1 is 1.50 bits per heavy atom. The highest BCUT2D eigenvalue weighted by atomic mass is 16.6. The summed E-state index contributed by atoms with van der Waals surface area (Å²) in [5.41, 5.74) is 6.84. The zero-order valence-electron chi connectivity index (χ0n) is 8.47. The highest BCUT2D eigenvalue weighted by Crippen LogP contribution is 2.14. The van der Waals surface area contributed by atoms with Crippen LogP contribution in [0.3, 0.4) is 0 Å². The fourth-order valence-corrected chi connectivity index (χ4v) is 1.15. The number of hydrogen-bond acceptors (Lipinski definition) is 6. The fourth-order valence-electron chi connectivity index (χ4n) is 1.15. The van der Waals surface area contributed by atoms with Gasteiger partial charge in [0.15, 0.2) is 0 Å². The van der Waals surface area contributed by atoms with Crippen LogP contribution in [0.25, 0.3) is 0 Å². The van der Waals surface area contributed by atoms with Crippen LogP contribution >= 0.6 is 0 Å². The summed E-state index contributed by atoms with van der Waals surface area (Å²) in [6.07, 6.45) is 3.22. The highest BCUT2D eigenvalue weighted by molar-refractivity contribution is 6.05. The van der Waals surface area contributed by atoms with Gasteiger partial charge in [0.25, 0.3) is 5.91 Å². The number of rotatable bonds is 2. The molecule has 0 atom stereocenters. The van der Waals surface area contributed by atoms with Crippen molar-refractivity contribution in [2.45, 2.75) is 6.92 Å². The maximum atomic E-state index is 11.7. The second kappa shape index (κ2) is 3.97. The molecule has 2 aromatic rings. The molecule has 16 heavy (non-hydrogen) atoms. The minimum atomic E-state index is -0.465. The Bertz CT molecular complexity index is 522. The molecule has 0 unspecified atom stereocenters. The summed E-state index contributed by atoms with van der Waals surface area (Å²) in [4.78, 5) is 15.6. The molecule has 0 aromatic carbocycles. The van der Waals surface area contributed by atoms with E-state index in [0.29, 0.717) is 5.69 Å². The van der Waals surface area contributed by atoms with Gasteiger partial charge in [-0.3, -0.25) is 9.78 Å². The molecule has 0 aliphatic rings. The van der Waals surface area contributed by atoms with Crippen LogP contribution in [0.15, 0.2) is 23.1 Å². The number of aryl methyl sites for hydroxylation is 1. The molecule has 1 amide bonds. The van der Waals surface area contributed by atoms with E-state index in [1.54, 1.807) is 18.5 Å². The molecule has 2 rings (SSSR count). The van der Waals surface area contributed by atoms with Crippen molar-refractivity contribution in [2.75, 3.05) is 11.1 Å². The topological polar surface area (TPSA) is 107 Å². The molecule has 82 valence electrons. The van der Waals surface area contributed by atoms with E-state index >= 15 is 0 Å². The van der Waals surface area contributed by atoms with Gasteiger partial charge in [0, 0.05) is 18.1 Å². The van der Waals surface area contributed by atoms with E-state index in [4.69, 9.17) is 5.73 Å². The van der Waals surface area contributed by atoms with E-state index in [-0.39, 0.29) is 11.5 Å². The second-order valence-corrected chi connectivity index (χ2v) is 3.14. The number of nitrogens with zero attached hydrogens (tertiary/aromatic N) is 3. The van der Waals surface area contributed by atoms with Crippen LogP contribution in [0.4, 0.5) is 11.5 Å². The summed E-state index contributed by atoms with van der Waals surface area (Å²) in [5.74, 6) is -0.503. The molecule has 3 N–H and O–H groups in total. The number of nitrogens with two attached hydrogens (primary N) is 1. The molecule has 0 saturated heterocycles. The van der Waals surface area contributed by atoms with Crippen molar-refractivity contribution in [1.29, 1.82) is 0 Å². The molecule has 0 fully saturated rings. The molecule has 0 aliphatic heterocycles. The lowest BCUT2D eigenvalue weighted by atomic mass is 10.2. The van der Waals surface area contributed by atoms with E-state index in [1.807, 2.05) is 6.92 Å². The lowest BCUT2D eigenvalue weighted by Gasteiger charge is -2.05. The van der Waals surface area contributed by atoms with Crippen LogP contribution in [0.2, 0.25) is 0 Å². The summed E-state index contributed by atoms with van der Waals surface area (Å²) in [7, 11) is 0. The van der Waals surface area contributed by atoms with Gasteiger partial charge in [-0.15, -0.1) is 0 Å². The molecular weight excluding hydrogens is 210 g/mol. The first-order valence-electron chi connectivity index (χ1n) is 4.48. The van der Waals surface area contributed by atoms with Crippen molar-refractivity contribution in [2.24, 2.45) is 0 Å². The number of carbonyl (C=O) groups excluding carboxylic acids is 1. The van der Waals surface area contributed by atoms with Crippen LogP contribution < -0.4 is 11.1 Å². The molecule has 0 saturated carbocycles. The van der Waals surface area contributed by atoms with Crippen molar-refractivity contribution < 1.29 is 9.42 Å². The number of anilines is 2. The number of aromatic nitrogens is 3. The first-order chi connectivity index (χ1) is 7.68. The second-order valence-electron chi connectivity index (χ2n) is 3.14. The van der Waals surface area contributed by atoms with Gasteiger partial charge in [-0.05, 0) is 28.9 Å². The number of nitrogens with one attached hydrogen (secondary N) is 1. The number of amides is 1. The molecule has 0 bridgehead atoms. The standard InChI is InChI=1S/C9H9N5O2/c1-5-4-11-3-2-6(5)12-9(15)7-8(10)14-16-13-7/h2-4H,1H3,(H2,10,14)(H,11,12,15). The maximum absolute atomic E-state index is 11.7. The van der Waals surface area contributed by atoms with E-state index in [0.717, 1.165) is 5.56 Å². The van der Waals surface area contributed by atoms with E-state index in [1.165, 1.54) is 0 Å². The van der Waals surface area contributed by atoms with Gasteiger partial charge in [0.2, 0.25) is 11.5 Å². The van der Waals surface area contributed by atoms with Crippen molar-refractivity contribution in [3.8, 4) is 0 Å². The number of pyridine rings is 1. The molecule has 7 heteroatoms. The van der Waals surface area contributed by atoms with Crippen molar-refractivity contribution in [1.82, 2.24) is 15.3 Å². The fraction of sp³-hybridized carbons (Fsp3) is 0.111. The quantitative estimate of drug-likeness (QED) is 0.766. The number of carbonyl (C=O) groups is 1. The van der Waals surface area contributed by atoms with Crippen molar-refractivity contribution in [3.63, 3.8) is 0 Å². The van der Waals surface area contributed by atoms with Gasteiger partial charge in [0.1, 0.15) is 0 Å². The van der Waals surface area contributed by atoms with Crippen molar-refractivity contribution >= 4 is 17.4 Å². The smallest absolute Gasteiger partial charge is 0.281 e. The van der Waals surface area contributed by atoms with Gasteiger partial charge in [-0.1, -0.05) is 0 Å². The third-order valence-corrected chi connectivity index (χ3v) is 2.00. The Morgan fingerprint density at radius 3 is 2.94 bits per heavy atom. The lowest BCUT2D eigenvalue weighted by molar-refractivity contribution is 0.101. The molecular formula is C9H9N5O2. The molecule has 0 aliphatic carbocycles. The average Bonchev–Trinajstić information content (AvgIpc) is 2.68. The van der Waals surface area contributed by atoms with E-state index in [9.17, 15) is 4.79 Å². The van der Waals surface area contributed by atoms with Crippen LogP contribution in [0, 0.1) is 6.92 Å². The molecule has 7 nitrogen and oxygen atoms in total. The first-order valence-corrected chi connectivity index (χ1v) is 4.48. The summed E-state index contributed by atoms with van der Waals surface area (Å²) < 4.78 is 4.34. The summed E-state index contributed by atoms with van der Waals surface area (Å²) in [6.45, 7) is 1.83. The SMILES string of the molecule is Cc1cnccc1NC(=O)c1nonc1N. The van der Waals surface area contributed by atoms with Gasteiger partial charge in [-0.2, -0.15) is 0 Å². The van der Waals surface area contributed by atoms with E-state index in [2.05, 4.69) is 25.2 Å². The van der Waals surface area contributed by atoms with Crippen LogP contribution in [0.5, 0.6) is 0 Å². The minimum Gasteiger partial charge on any atom is -0.379 e. The Hall–Kier alpha value is -2.44. The largest absolute Gasteiger partial charge is 0.379 e. The maximum Gasteiger partial charge on any atom is 0.281 e. The first kappa shape index (κ1) is 10.1. The third kappa shape index (κ3) is 1.83. The molecule has 2 aromatic heterocycles. The summed E-state index contributed by atoms with van der Waals surface area (Å²) in [5, 5.41) is 9.35. The lowest BCUT2D eigenvalue weighted by Crippen LogP contribution is -2.15. The van der Waals surface area contributed by atoms with Gasteiger partial charge >= 0.3 is 0 Å². The Morgan fingerprint density at radius 2 is 2.31 bits per heavy atom. The predicted molar refractivity (Wildman–Crippen MR) is 55.6 cm³/mol. The van der Waals surface area contributed by atoms with E-state index < -0.39 is 5.91 Å². The van der Waals surface area contributed by atoms with Gasteiger partial charge in [-0.25, -0.2) is 4.63 Å². The highest BCUT2D eigenvalue weighted by Gasteiger charge is 2.16. The number of nitrogen functional groups attached to an aromatic ring is 1. The molecule has 2 heterocycles. The monoisotopic (exact) mass is 219 g/mol. The van der Waals surface area contributed by atoms with Crippen LogP contribution in [-0.4, -0.2) is 21.2 Å². The predicted octanol–water partition coefficient (Wildman–Crippen LogP) is 0.608. The Labute approximate surface area is 90.6 Å². The third-order valence-electron chi connectivity index (χ3n) is 2.00. The van der Waals surface area contributed by atoms with Gasteiger partial charge < -0.3 is 11.1 Å². The van der Waals surface area contributed by atoms with Crippen LogP contribution in [0.1, 0.15) is 16.1 Å². The Kier molecular flexibility index (Phi) is 2.50. The molecule has 0 radical (unpaired) electrons. The molecule has 0 spiro atoms. The van der Waals surface area contributed by atoms with Crippen molar-refractivity contribution in [3.05, 3.63) is 29.7 Å².